The van der Waals surface area contributed by atoms with Crippen molar-refractivity contribution >= 4 is 17.6 Å². The number of carbonyl (C=O) groups is 2. The number of anilines is 1. The second-order valence-corrected chi connectivity index (χ2v) is 7.46. The fraction of sp³-hybridized carbons (Fsp3) is 0.333. The number of aryl methyl sites for hydroxylation is 1. The van der Waals surface area contributed by atoms with Crippen molar-refractivity contribution in [3.8, 4) is 0 Å². The first-order valence-electron chi connectivity index (χ1n) is 10.0. The second kappa shape index (κ2) is 11.8. The van der Waals surface area contributed by atoms with Gasteiger partial charge in [-0.3, -0.25) is 4.90 Å². The fourth-order valence-electron chi connectivity index (χ4n) is 3.46. The van der Waals surface area contributed by atoms with Crippen LogP contribution in [0.5, 0.6) is 0 Å². The van der Waals surface area contributed by atoms with E-state index in [1.165, 1.54) is 29.7 Å². The monoisotopic (exact) mass is 410 g/mol. The van der Waals surface area contributed by atoms with E-state index in [0.717, 1.165) is 19.6 Å². The molecule has 0 bridgehead atoms. The molecule has 160 valence electrons. The Morgan fingerprint density at radius 3 is 2.00 bits per heavy atom. The summed E-state index contributed by atoms with van der Waals surface area (Å²) >= 11 is 0. The van der Waals surface area contributed by atoms with Crippen LogP contribution in [0.3, 0.4) is 0 Å². The van der Waals surface area contributed by atoms with Crippen LogP contribution in [-0.4, -0.2) is 53.2 Å². The summed E-state index contributed by atoms with van der Waals surface area (Å²) in [6.07, 6.45) is 3.61. The zero-order valence-electron chi connectivity index (χ0n) is 17.6. The van der Waals surface area contributed by atoms with Crippen LogP contribution in [0.25, 0.3) is 0 Å². The molecule has 1 aliphatic heterocycles. The molecular formula is C24H30N2O4. The van der Waals surface area contributed by atoms with Crippen molar-refractivity contribution in [2.75, 3.05) is 25.0 Å². The van der Waals surface area contributed by atoms with Gasteiger partial charge in [-0.05, 0) is 44.5 Å². The SMILES string of the molecule is Cc1ccc(N2CCC(N(C)Cc3ccccc3)CC2)cc1.O=C(O)C=CC(=O)O. The summed E-state index contributed by atoms with van der Waals surface area (Å²) in [7, 11) is 2.26. The van der Waals surface area contributed by atoms with Gasteiger partial charge in [-0.25, -0.2) is 9.59 Å². The molecule has 0 radical (unpaired) electrons. The van der Waals surface area contributed by atoms with Gasteiger partial charge in [0.15, 0.2) is 0 Å². The van der Waals surface area contributed by atoms with Gasteiger partial charge in [0.1, 0.15) is 0 Å². The van der Waals surface area contributed by atoms with E-state index in [1.54, 1.807) is 0 Å². The average Bonchev–Trinajstić information content (AvgIpc) is 2.74. The molecule has 0 amide bonds. The van der Waals surface area contributed by atoms with E-state index in [0.29, 0.717) is 18.2 Å². The lowest BCUT2D eigenvalue weighted by Crippen LogP contribution is -2.43. The number of piperidine rings is 1. The van der Waals surface area contributed by atoms with Crippen LogP contribution in [0, 0.1) is 6.92 Å². The Bertz CT molecular complexity index is 810. The van der Waals surface area contributed by atoms with E-state index in [9.17, 15) is 9.59 Å². The van der Waals surface area contributed by atoms with E-state index in [4.69, 9.17) is 10.2 Å². The Morgan fingerprint density at radius 2 is 1.50 bits per heavy atom. The molecular weight excluding hydrogens is 380 g/mol. The van der Waals surface area contributed by atoms with Gasteiger partial charge in [-0.2, -0.15) is 0 Å². The third kappa shape index (κ3) is 8.09. The summed E-state index contributed by atoms with van der Waals surface area (Å²) in [5.41, 5.74) is 4.11. The molecule has 0 saturated carbocycles. The number of hydrogen-bond acceptors (Lipinski definition) is 4. The molecule has 2 aromatic rings. The van der Waals surface area contributed by atoms with Crippen LogP contribution < -0.4 is 4.90 Å². The van der Waals surface area contributed by atoms with E-state index in [-0.39, 0.29) is 0 Å². The summed E-state index contributed by atoms with van der Waals surface area (Å²) in [6.45, 7) is 5.52. The molecule has 0 unspecified atom stereocenters. The predicted molar refractivity (Wildman–Crippen MR) is 119 cm³/mol. The number of benzene rings is 2. The van der Waals surface area contributed by atoms with Crippen LogP contribution in [0.1, 0.15) is 24.0 Å². The molecule has 0 spiro atoms. The maximum Gasteiger partial charge on any atom is 0.328 e. The van der Waals surface area contributed by atoms with E-state index >= 15 is 0 Å². The van der Waals surface area contributed by atoms with E-state index < -0.39 is 11.9 Å². The van der Waals surface area contributed by atoms with Gasteiger partial charge in [-0.15, -0.1) is 0 Å². The third-order valence-corrected chi connectivity index (χ3v) is 5.13. The third-order valence-electron chi connectivity index (χ3n) is 5.13. The van der Waals surface area contributed by atoms with Crippen LogP contribution in [-0.2, 0) is 16.1 Å². The van der Waals surface area contributed by atoms with Gasteiger partial charge < -0.3 is 15.1 Å². The van der Waals surface area contributed by atoms with E-state index in [2.05, 4.69) is 78.4 Å². The fourth-order valence-corrected chi connectivity index (χ4v) is 3.46. The zero-order chi connectivity index (χ0) is 21.9. The molecule has 0 atom stereocenters. The lowest BCUT2D eigenvalue weighted by molar-refractivity contribution is -0.134. The molecule has 2 N–H and O–H groups in total. The van der Waals surface area contributed by atoms with Crippen molar-refractivity contribution in [1.82, 2.24) is 4.90 Å². The summed E-state index contributed by atoms with van der Waals surface area (Å²) in [4.78, 5) is 24.1. The first-order valence-corrected chi connectivity index (χ1v) is 10.0. The summed E-state index contributed by atoms with van der Waals surface area (Å²) in [5, 5.41) is 15.6. The van der Waals surface area contributed by atoms with Crippen LogP contribution in [0.2, 0.25) is 0 Å². The predicted octanol–water partition coefficient (Wildman–Crippen LogP) is 3.81. The molecule has 1 heterocycles. The largest absolute Gasteiger partial charge is 0.478 e. The minimum Gasteiger partial charge on any atom is -0.478 e. The standard InChI is InChI=1S/C20H26N2.C4H4O4/c1-17-8-10-20(11-9-17)22-14-12-19(13-15-22)21(2)16-18-6-4-3-5-7-18;5-3(6)1-2-4(7)8/h3-11,19H,12-16H2,1-2H3;1-2H,(H,5,6)(H,7,8). The van der Waals surface area contributed by atoms with Gasteiger partial charge in [0.2, 0.25) is 0 Å². The quantitative estimate of drug-likeness (QED) is 0.705. The highest BCUT2D eigenvalue weighted by atomic mass is 16.4. The molecule has 1 fully saturated rings. The molecule has 1 aliphatic rings. The lowest BCUT2D eigenvalue weighted by Gasteiger charge is -2.38. The maximum absolute atomic E-state index is 9.55. The van der Waals surface area contributed by atoms with Gasteiger partial charge in [0.05, 0.1) is 0 Å². The molecule has 6 nitrogen and oxygen atoms in total. The highest BCUT2D eigenvalue weighted by Crippen LogP contribution is 2.23. The summed E-state index contributed by atoms with van der Waals surface area (Å²) in [5.74, 6) is -2.51. The first kappa shape index (κ1) is 23.2. The number of rotatable bonds is 6. The maximum atomic E-state index is 9.55. The number of carboxylic acids is 2. The topological polar surface area (TPSA) is 81.1 Å². The van der Waals surface area contributed by atoms with E-state index in [1.807, 2.05) is 0 Å². The molecule has 3 rings (SSSR count). The Balaban J connectivity index is 0.000000343. The number of nitrogens with zero attached hydrogens (tertiary/aromatic N) is 2. The van der Waals surface area contributed by atoms with Crippen molar-refractivity contribution in [3.05, 3.63) is 77.9 Å². The summed E-state index contributed by atoms with van der Waals surface area (Å²) < 4.78 is 0. The van der Waals surface area contributed by atoms with Crippen molar-refractivity contribution < 1.29 is 19.8 Å². The van der Waals surface area contributed by atoms with Crippen molar-refractivity contribution in [3.63, 3.8) is 0 Å². The number of carboxylic acid groups (broad SMARTS) is 2. The Labute approximate surface area is 178 Å². The minimum atomic E-state index is -1.26. The minimum absolute atomic E-state index is 0.558. The number of aliphatic carboxylic acids is 2. The summed E-state index contributed by atoms with van der Waals surface area (Å²) in [6, 6.07) is 20.4. The lowest BCUT2D eigenvalue weighted by atomic mass is 10.0. The number of hydrogen-bond donors (Lipinski definition) is 2. The van der Waals surface area contributed by atoms with Crippen molar-refractivity contribution in [2.24, 2.45) is 0 Å². The van der Waals surface area contributed by atoms with Crippen molar-refractivity contribution in [1.29, 1.82) is 0 Å². The van der Waals surface area contributed by atoms with Crippen LogP contribution in [0.4, 0.5) is 5.69 Å². The Kier molecular flexibility index (Phi) is 9.09. The first-order chi connectivity index (χ1) is 14.3. The van der Waals surface area contributed by atoms with Crippen LogP contribution in [0.15, 0.2) is 66.7 Å². The molecule has 2 aromatic carbocycles. The Morgan fingerprint density at radius 1 is 0.967 bits per heavy atom. The zero-order valence-corrected chi connectivity index (χ0v) is 17.6. The molecule has 30 heavy (non-hydrogen) atoms. The van der Waals surface area contributed by atoms with Gasteiger partial charge in [0, 0.05) is 43.5 Å². The highest BCUT2D eigenvalue weighted by Gasteiger charge is 2.22. The average molecular weight is 411 g/mol. The van der Waals surface area contributed by atoms with Crippen LogP contribution >= 0.6 is 0 Å². The smallest absolute Gasteiger partial charge is 0.328 e. The molecule has 0 aliphatic carbocycles. The van der Waals surface area contributed by atoms with Gasteiger partial charge >= 0.3 is 11.9 Å². The van der Waals surface area contributed by atoms with Crippen molar-refractivity contribution in [2.45, 2.75) is 32.4 Å². The highest BCUT2D eigenvalue weighted by molar-refractivity contribution is 5.89. The van der Waals surface area contributed by atoms with Gasteiger partial charge in [0.25, 0.3) is 0 Å². The molecule has 0 aromatic heterocycles. The normalized spacial score (nSPS) is 14.4. The molecule has 6 heteroatoms. The second-order valence-electron chi connectivity index (χ2n) is 7.46. The molecule has 1 saturated heterocycles. The van der Waals surface area contributed by atoms with Gasteiger partial charge in [-0.1, -0.05) is 48.0 Å². The Hall–Kier alpha value is -3.12.